The predicted molar refractivity (Wildman–Crippen MR) is 47.7 cm³/mol. The van der Waals surface area contributed by atoms with E-state index in [9.17, 15) is 8.42 Å². The Morgan fingerprint density at radius 1 is 1.46 bits per heavy atom. The Kier molecular flexibility index (Phi) is 1.75. The molecule has 0 saturated carbocycles. The number of furan rings is 1. The van der Waals surface area contributed by atoms with Crippen molar-refractivity contribution in [2.45, 2.75) is 25.0 Å². The smallest absolute Gasteiger partial charge is 0.161 e. The summed E-state index contributed by atoms with van der Waals surface area (Å²) in [6.07, 6.45) is 0. The largest absolute Gasteiger partial charge is 0.465 e. The number of sulfone groups is 1. The van der Waals surface area contributed by atoms with Crippen LogP contribution in [0, 0.1) is 6.92 Å². The molecular weight excluding hydrogens is 190 g/mol. The van der Waals surface area contributed by atoms with E-state index in [4.69, 9.17) is 10.2 Å². The maximum Gasteiger partial charge on any atom is 0.161 e. The number of rotatable bonds is 1. The van der Waals surface area contributed by atoms with Crippen LogP contribution < -0.4 is 5.73 Å². The van der Waals surface area contributed by atoms with Crippen molar-refractivity contribution in [2.24, 2.45) is 5.73 Å². The van der Waals surface area contributed by atoms with Gasteiger partial charge < -0.3 is 10.2 Å². The molecule has 0 saturated heterocycles. The maximum atomic E-state index is 11.2. The lowest BCUT2D eigenvalue weighted by atomic mass is 10.1. The first kappa shape index (κ1) is 8.77. The summed E-state index contributed by atoms with van der Waals surface area (Å²) < 4.78 is 27.8. The molecule has 1 aliphatic rings. The van der Waals surface area contributed by atoms with E-state index in [0.717, 1.165) is 16.9 Å². The average Bonchev–Trinajstić information content (AvgIpc) is 2.39. The molecule has 0 atom stereocenters. The minimum absolute atomic E-state index is 0.0309. The zero-order chi connectivity index (χ0) is 9.64. The fraction of sp³-hybridized carbons (Fsp3) is 0.500. The van der Waals surface area contributed by atoms with Gasteiger partial charge in [-0.2, -0.15) is 0 Å². The van der Waals surface area contributed by atoms with Gasteiger partial charge in [0.15, 0.2) is 9.84 Å². The summed E-state index contributed by atoms with van der Waals surface area (Å²) in [5.41, 5.74) is 7.15. The molecule has 0 aliphatic carbocycles. The molecular formula is C8H11NO3S. The lowest BCUT2D eigenvalue weighted by Crippen LogP contribution is -2.02. The van der Waals surface area contributed by atoms with Gasteiger partial charge in [0.1, 0.15) is 17.3 Å². The van der Waals surface area contributed by atoms with Crippen LogP contribution in [0.3, 0.4) is 0 Å². The van der Waals surface area contributed by atoms with Gasteiger partial charge >= 0.3 is 0 Å². The maximum absolute atomic E-state index is 11.2. The van der Waals surface area contributed by atoms with E-state index in [0.29, 0.717) is 12.3 Å². The molecule has 2 rings (SSSR count). The molecule has 0 aromatic carbocycles. The van der Waals surface area contributed by atoms with Crippen molar-refractivity contribution in [1.29, 1.82) is 0 Å². The molecule has 0 spiro atoms. The Morgan fingerprint density at radius 2 is 2.15 bits per heavy atom. The summed E-state index contributed by atoms with van der Waals surface area (Å²) in [6, 6.07) is 0. The molecule has 5 heteroatoms. The molecule has 1 aromatic heterocycles. The molecule has 2 heterocycles. The second-order valence-electron chi connectivity index (χ2n) is 3.27. The first-order chi connectivity index (χ1) is 6.03. The molecule has 4 nitrogen and oxygen atoms in total. The van der Waals surface area contributed by atoms with E-state index >= 15 is 0 Å². The Labute approximate surface area is 76.6 Å². The van der Waals surface area contributed by atoms with Crippen molar-refractivity contribution in [2.75, 3.05) is 0 Å². The van der Waals surface area contributed by atoms with Gasteiger partial charge in [-0.25, -0.2) is 8.42 Å². The first-order valence-electron chi connectivity index (χ1n) is 4.04. The normalized spacial score (nSPS) is 18.9. The predicted octanol–water partition coefficient (Wildman–Crippen LogP) is 0.475. The standard InChI is InChI=1S/C8H11NO3S/c1-5-6(2-9)7-3-13(10,11)4-8(7)12-5/h2-4,9H2,1H3. The zero-order valence-electron chi connectivity index (χ0n) is 7.33. The van der Waals surface area contributed by atoms with Crippen molar-refractivity contribution in [3.8, 4) is 0 Å². The summed E-state index contributed by atoms with van der Waals surface area (Å²) in [5.74, 6) is 1.45. The number of nitrogens with two attached hydrogens (primary N) is 1. The fourth-order valence-corrected chi connectivity index (χ4v) is 3.22. The highest BCUT2D eigenvalue weighted by molar-refractivity contribution is 7.90. The zero-order valence-corrected chi connectivity index (χ0v) is 8.15. The molecule has 0 radical (unpaired) electrons. The van der Waals surface area contributed by atoms with Crippen LogP contribution in [-0.2, 0) is 27.9 Å². The third-order valence-electron chi connectivity index (χ3n) is 2.32. The Hall–Kier alpha value is -0.810. The summed E-state index contributed by atoms with van der Waals surface area (Å²) in [6.45, 7) is 2.16. The van der Waals surface area contributed by atoms with Crippen molar-refractivity contribution >= 4 is 9.84 Å². The monoisotopic (exact) mass is 201 g/mol. The van der Waals surface area contributed by atoms with Gasteiger partial charge in [0.25, 0.3) is 0 Å². The molecule has 0 bridgehead atoms. The number of hydrogen-bond acceptors (Lipinski definition) is 4. The van der Waals surface area contributed by atoms with E-state index in [1.54, 1.807) is 0 Å². The molecule has 1 aromatic rings. The van der Waals surface area contributed by atoms with Crippen LogP contribution in [-0.4, -0.2) is 8.42 Å². The quantitative estimate of drug-likeness (QED) is 0.717. The molecule has 0 fully saturated rings. The van der Waals surface area contributed by atoms with Crippen LogP contribution in [0.1, 0.15) is 22.6 Å². The van der Waals surface area contributed by atoms with Crippen molar-refractivity contribution in [1.82, 2.24) is 0 Å². The van der Waals surface area contributed by atoms with Crippen LogP contribution in [0.15, 0.2) is 4.42 Å². The molecule has 72 valence electrons. The van der Waals surface area contributed by atoms with Crippen molar-refractivity contribution in [3.05, 3.63) is 22.6 Å². The van der Waals surface area contributed by atoms with Crippen molar-refractivity contribution in [3.63, 3.8) is 0 Å². The molecule has 0 unspecified atom stereocenters. The van der Waals surface area contributed by atoms with Crippen LogP contribution in [0.4, 0.5) is 0 Å². The van der Waals surface area contributed by atoms with E-state index in [1.165, 1.54) is 0 Å². The fourth-order valence-electron chi connectivity index (χ4n) is 1.71. The summed E-state index contributed by atoms with van der Waals surface area (Å²) in [4.78, 5) is 0. The summed E-state index contributed by atoms with van der Waals surface area (Å²) in [5, 5.41) is 0. The molecule has 2 N–H and O–H groups in total. The number of hydrogen-bond donors (Lipinski definition) is 1. The number of fused-ring (bicyclic) bond motifs is 1. The Balaban J connectivity index is 2.56. The Morgan fingerprint density at radius 3 is 2.77 bits per heavy atom. The van der Waals surface area contributed by atoms with Crippen LogP contribution in [0.5, 0.6) is 0 Å². The van der Waals surface area contributed by atoms with E-state index in [1.807, 2.05) is 6.92 Å². The van der Waals surface area contributed by atoms with Gasteiger partial charge in [-0.3, -0.25) is 0 Å². The highest BCUT2D eigenvalue weighted by Crippen LogP contribution is 2.31. The first-order valence-corrected chi connectivity index (χ1v) is 5.86. The van der Waals surface area contributed by atoms with Crippen LogP contribution in [0.2, 0.25) is 0 Å². The highest BCUT2D eigenvalue weighted by Gasteiger charge is 2.31. The van der Waals surface area contributed by atoms with Crippen LogP contribution >= 0.6 is 0 Å². The third kappa shape index (κ3) is 1.28. The summed E-state index contributed by atoms with van der Waals surface area (Å²) in [7, 11) is -2.96. The second kappa shape index (κ2) is 2.59. The van der Waals surface area contributed by atoms with E-state index < -0.39 is 9.84 Å². The molecule has 1 aliphatic heterocycles. The van der Waals surface area contributed by atoms with Gasteiger partial charge in [-0.05, 0) is 6.92 Å². The van der Waals surface area contributed by atoms with Gasteiger partial charge in [0.2, 0.25) is 0 Å². The van der Waals surface area contributed by atoms with Gasteiger partial charge in [0, 0.05) is 17.7 Å². The SMILES string of the molecule is Cc1oc2c(c1CN)CS(=O)(=O)C2. The lowest BCUT2D eigenvalue weighted by Gasteiger charge is -1.96. The second-order valence-corrected chi connectivity index (χ2v) is 5.34. The minimum Gasteiger partial charge on any atom is -0.465 e. The van der Waals surface area contributed by atoms with Gasteiger partial charge in [0.05, 0.1) is 5.75 Å². The lowest BCUT2D eigenvalue weighted by molar-refractivity contribution is 0.494. The summed E-state index contributed by atoms with van der Waals surface area (Å²) >= 11 is 0. The van der Waals surface area contributed by atoms with Crippen LogP contribution in [0.25, 0.3) is 0 Å². The molecule has 0 amide bonds. The third-order valence-corrected chi connectivity index (χ3v) is 3.75. The van der Waals surface area contributed by atoms with Gasteiger partial charge in [-0.1, -0.05) is 0 Å². The number of aryl methyl sites for hydroxylation is 1. The van der Waals surface area contributed by atoms with Gasteiger partial charge in [-0.15, -0.1) is 0 Å². The van der Waals surface area contributed by atoms with E-state index in [2.05, 4.69) is 0 Å². The Bertz CT molecular complexity index is 444. The van der Waals surface area contributed by atoms with Crippen molar-refractivity contribution < 1.29 is 12.8 Å². The highest BCUT2D eigenvalue weighted by atomic mass is 32.2. The minimum atomic E-state index is -2.96. The van der Waals surface area contributed by atoms with E-state index in [-0.39, 0.29) is 11.5 Å². The molecule has 13 heavy (non-hydrogen) atoms. The average molecular weight is 201 g/mol. The topological polar surface area (TPSA) is 73.3 Å².